The molecule has 0 atom stereocenters. The van der Waals surface area contributed by atoms with Crippen LogP contribution in [0.4, 0.5) is 0 Å². The van der Waals surface area contributed by atoms with E-state index in [4.69, 9.17) is 24.7 Å². The van der Waals surface area contributed by atoms with Gasteiger partial charge in [0.1, 0.15) is 0 Å². The van der Waals surface area contributed by atoms with Gasteiger partial charge in [-0.05, 0) is 12.1 Å². The molecule has 129 valence electrons. The summed E-state index contributed by atoms with van der Waals surface area (Å²) in [7, 11) is 0. The summed E-state index contributed by atoms with van der Waals surface area (Å²) in [5.41, 5.74) is 1.95. The maximum absolute atomic E-state index is 8.19. The molecule has 0 bridgehead atoms. The second-order valence-electron chi connectivity index (χ2n) is 3.22. The van der Waals surface area contributed by atoms with Crippen molar-refractivity contribution in [1.82, 2.24) is 9.97 Å². The Kier molecular flexibility index (Phi) is 33.2. The quantitative estimate of drug-likeness (QED) is 0.152. The topological polar surface area (TPSA) is 230 Å². The third-order valence-corrected chi connectivity index (χ3v) is 2.34. The fourth-order valence-corrected chi connectivity index (χ4v) is 1.68. The number of pyridine rings is 2. The smallest absolute Gasteiger partial charge is 0.0964 e. The predicted molar refractivity (Wildman–Crippen MR) is 68.6 cm³/mol. The van der Waals surface area contributed by atoms with Gasteiger partial charge < -0.3 is 37.5 Å². The fraction of sp³-hybridized carbons (Fsp3) is 0. The molecule has 3 aromatic rings. The van der Waals surface area contributed by atoms with Gasteiger partial charge in [0.15, 0.2) is 0 Å². The van der Waals surface area contributed by atoms with E-state index in [0.717, 1.165) is 39.2 Å². The van der Waals surface area contributed by atoms with Crippen LogP contribution in [-0.4, -0.2) is 26.4 Å². The molecule has 0 aliphatic carbocycles. The number of hydrogen-bond acceptors (Lipinski definition) is 7. The molecule has 6 N–H and O–H groups in total. The van der Waals surface area contributed by atoms with Gasteiger partial charge in [-0.25, -0.2) is 0 Å². The molecule has 0 aliphatic rings. The molecule has 3 rings (SSSR count). The van der Waals surface area contributed by atoms with E-state index in [2.05, 4.69) is 34.2 Å². The van der Waals surface area contributed by atoms with Gasteiger partial charge in [0.05, 0.1) is 11.0 Å². The Labute approximate surface area is 188 Å². The molecule has 2 aromatic heterocycles. The van der Waals surface area contributed by atoms with Gasteiger partial charge in [0, 0.05) is 23.2 Å². The molecule has 10 nitrogen and oxygen atoms in total. The number of fused-ring (bicyclic) bond motifs is 3. The second kappa shape index (κ2) is 22.8. The summed E-state index contributed by atoms with van der Waals surface area (Å²) in [5, 5.41) is 30.3. The number of benzene rings is 1. The Hall–Kier alpha value is -0.219. The summed E-state index contributed by atoms with van der Waals surface area (Å²) >= 11 is 1.06. The predicted octanol–water partition coefficient (Wildman–Crippen LogP) is -7.56. The van der Waals surface area contributed by atoms with Gasteiger partial charge in [0.25, 0.3) is 0 Å². The minimum atomic E-state index is 0. The van der Waals surface area contributed by atoms with Crippen LogP contribution in [0.1, 0.15) is 0 Å². The molecule has 0 aliphatic heterocycles. The van der Waals surface area contributed by atoms with Crippen LogP contribution in [0.5, 0.6) is 0 Å². The normalized spacial score (nSPS) is 6.96. The first-order valence-electron chi connectivity index (χ1n) is 5.05. The molecule has 0 saturated heterocycles. The molecule has 0 spiro atoms. The van der Waals surface area contributed by atoms with Crippen molar-refractivity contribution in [2.45, 2.75) is 0 Å². The van der Waals surface area contributed by atoms with E-state index in [1.54, 1.807) is 12.4 Å². The third-order valence-electron chi connectivity index (χ3n) is 2.34. The number of hydrogen-bond donors (Lipinski definition) is 0. The largest absolute Gasteiger partial charge is 0.254 e. The van der Waals surface area contributed by atoms with Crippen LogP contribution in [0.3, 0.4) is 0 Å². The monoisotopic (exact) mass is 404 g/mol. The summed E-state index contributed by atoms with van der Waals surface area (Å²) in [5.74, 6) is 0. The van der Waals surface area contributed by atoms with Crippen molar-refractivity contribution in [1.29, 1.82) is 0 Å². The maximum Gasteiger partial charge on any atom is 0.0964 e. The van der Waals surface area contributed by atoms with Crippen molar-refractivity contribution >= 4 is 21.8 Å². The summed E-state index contributed by atoms with van der Waals surface area (Å²) in [4.78, 5) is 8.69. The molecular formula is C12H14KN2O8V-3. The number of nitrogens with zero attached hydrogens (tertiary/aromatic N) is 2. The van der Waals surface area contributed by atoms with E-state index >= 15 is 0 Å². The van der Waals surface area contributed by atoms with Crippen LogP contribution in [-0.2, 0) is 21.0 Å². The Morgan fingerprint density at radius 1 is 0.667 bits per heavy atom. The van der Waals surface area contributed by atoms with Crippen LogP contribution in [0.2, 0.25) is 0 Å². The summed E-state index contributed by atoms with van der Waals surface area (Å²) in [6.07, 6.45) is 3.60. The Balaban J connectivity index is -0.000000110. The molecule has 1 aromatic carbocycles. The molecule has 0 fully saturated rings. The molecule has 24 heavy (non-hydrogen) atoms. The van der Waals surface area contributed by atoms with Crippen molar-refractivity contribution in [3.8, 4) is 0 Å². The molecule has 12 heteroatoms. The van der Waals surface area contributed by atoms with Crippen LogP contribution >= 0.6 is 0 Å². The Bertz CT molecular complexity index is 595. The van der Waals surface area contributed by atoms with Crippen molar-refractivity contribution < 1.29 is 110 Å². The van der Waals surface area contributed by atoms with Gasteiger partial charge in [0.2, 0.25) is 0 Å². The molecule has 0 unspecified atom stereocenters. The first-order chi connectivity index (χ1) is 9.95. The van der Waals surface area contributed by atoms with Crippen LogP contribution in [0.25, 0.3) is 21.8 Å². The first-order valence-corrected chi connectivity index (χ1v) is 5.62. The van der Waals surface area contributed by atoms with Crippen molar-refractivity contribution in [2.24, 2.45) is 0 Å². The van der Waals surface area contributed by atoms with Crippen molar-refractivity contribution in [3.63, 3.8) is 0 Å². The van der Waals surface area contributed by atoms with E-state index in [9.17, 15) is 0 Å². The summed E-state index contributed by atoms with van der Waals surface area (Å²) < 4.78 is 8.19. The van der Waals surface area contributed by atoms with Crippen LogP contribution in [0, 0.1) is 0 Å². The van der Waals surface area contributed by atoms with E-state index in [0.29, 0.717) is 0 Å². The second-order valence-corrected chi connectivity index (χ2v) is 3.22. The molecule has 0 radical (unpaired) electrons. The summed E-state index contributed by atoms with van der Waals surface area (Å²) in [6, 6.07) is 12.1. The molecule has 2 heterocycles. The number of rotatable bonds is 0. The van der Waals surface area contributed by atoms with Crippen molar-refractivity contribution in [3.05, 3.63) is 48.8 Å². The molecule has 0 amide bonds. The van der Waals surface area contributed by atoms with Crippen LogP contribution in [0.15, 0.2) is 48.8 Å². The molecular weight excluding hydrogens is 390 g/mol. The zero-order valence-electron chi connectivity index (χ0n) is 12.5. The van der Waals surface area contributed by atoms with Gasteiger partial charge >= 0.3 is 72.4 Å². The van der Waals surface area contributed by atoms with E-state index in [1.165, 1.54) is 0 Å². The Morgan fingerprint density at radius 2 is 0.958 bits per heavy atom. The standard InChI is InChI=1S/C12H8N2.K.2O2.3H2O.O.V/c1-3-9-5-6-10-4-2-8-14-12(10)11(9)13-7-1;;2*1-2;;;;;/h1-8H;;;;3*1H2;;/q;+1;2*-2;;;;;. The summed E-state index contributed by atoms with van der Waals surface area (Å²) in [6.45, 7) is 0. The third kappa shape index (κ3) is 9.93. The SMILES string of the molecule is O.O.O.[K+].[O-][O-].[O-][O-].[O]=[V].c1cnc2c(c1)ccc1cccnc12. The zero-order chi connectivity index (χ0) is 15.4. The minimum absolute atomic E-state index is 0. The first kappa shape index (κ1) is 35.0. The fourth-order valence-electron chi connectivity index (χ4n) is 1.68. The van der Waals surface area contributed by atoms with Gasteiger partial charge in [-0.15, -0.1) is 0 Å². The van der Waals surface area contributed by atoms with Gasteiger partial charge in [-0.3, -0.25) is 9.97 Å². The zero-order valence-corrected chi connectivity index (χ0v) is 17.0. The van der Waals surface area contributed by atoms with Gasteiger partial charge in [-0.1, -0.05) is 24.3 Å². The average molecular weight is 404 g/mol. The van der Waals surface area contributed by atoms with Gasteiger partial charge in [-0.2, -0.15) is 0 Å². The van der Waals surface area contributed by atoms with E-state index < -0.39 is 0 Å². The van der Waals surface area contributed by atoms with E-state index in [-0.39, 0.29) is 67.8 Å². The van der Waals surface area contributed by atoms with Crippen LogP contribution < -0.4 is 72.4 Å². The average Bonchev–Trinajstić information content (AvgIpc) is 2.60. The van der Waals surface area contributed by atoms with E-state index in [1.807, 2.05) is 12.1 Å². The Morgan fingerprint density at radius 3 is 1.25 bits per heavy atom. The molecule has 0 saturated carbocycles. The minimum Gasteiger partial charge on any atom is -0.254 e. The van der Waals surface area contributed by atoms with Crippen molar-refractivity contribution in [2.75, 3.05) is 0 Å². The number of aromatic nitrogens is 2. The maximum atomic E-state index is 8.19.